The van der Waals surface area contributed by atoms with Crippen LogP contribution in [0.3, 0.4) is 0 Å². The smallest absolute Gasteiger partial charge is 0.185 e. The Morgan fingerprint density at radius 3 is 3.09 bits per heavy atom. The lowest BCUT2D eigenvalue weighted by molar-refractivity contribution is 0.101. The Balaban J connectivity index is 2.63. The predicted molar refractivity (Wildman–Crippen MR) is 49.6 cm³/mol. The summed E-state index contributed by atoms with van der Waals surface area (Å²) in [4.78, 5) is 13.2. The molecule has 0 unspecified atom stereocenters. The number of thiophene rings is 1. The van der Waals surface area contributed by atoms with Crippen molar-refractivity contribution in [2.24, 2.45) is 0 Å². The third-order valence-corrected chi connectivity index (χ3v) is 3.47. The molecule has 0 spiro atoms. The Labute approximate surface area is 76.9 Å². The van der Waals surface area contributed by atoms with Crippen molar-refractivity contribution < 1.29 is 4.79 Å². The Morgan fingerprint density at radius 2 is 2.45 bits per heavy atom. The summed E-state index contributed by atoms with van der Waals surface area (Å²) in [6, 6.07) is 0. The van der Waals surface area contributed by atoms with Crippen molar-refractivity contribution in [1.29, 1.82) is 0 Å². The molecule has 0 radical (unpaired) electrons. The summed E-state index contributed by atoms with van der Waals surface area (Å²) in [6.45, 7) is 0.525. The monoisotopic (exact) mass is 231 g/mol. The lowest BCUT2D eigenvalue weighted by atomic mass is 10.2. The Morgan fingerprint density at radius 1 is 1.73 bits per heavy atom. The predicted octanol–water partition coefficient (Wildman–Crippen LogP) is 2.14. The van der Waals surface area contributed by atoms with E-state index in [4.69, 9.17) is 0 Å². The number of carbonyl (C=O) groups excluding carboxylic acids is 1. The summed E-state index contributed by atoms with van der Waals surface area (Å²) < 4.78 is 1.06. The first-order valence-corrected chi connectivity index (χ1v) is 4.88. The molecular weight excluding hydrogens is 226 g/mol. The lowest BCUT2D eigenvalue weighted by Gasteiger charge is -2.08. The number of rotatable bonds is 0. The first-order chi connectivity index (χ1) is 5.20. The van der Waals surface area contributed by atoms with Gasteiger partial charge in [-0.25, -0.2) is 0 Å². The van der Waals surface area contributed by atoms with Crippen molar-refractivity contribution in [1.82, 2.24) is 0 Å². The second kappa shape index (κ2) is 2.32. The molecule has 0 bridgehead atoms. The average molecular weight is 232 g/mol. The molecule has 0 aromatic carbocycles. The molecule has 58 valence electrons. The highest BCUT2D eigenvalue weighted by Gasteiger charge is 2.27. The molecule has 0 N–H and O–H groups in total. The van der Waals surface area contributed by atoms with Crippen LogP contribution in [0.15, 0.2) is 9.17 Å². The van der Waals surface area contributed by atoms with Gasteiger partial charge in [0.2, 0.25) is 0 Å². The van der Waals surface area contributed by atoms with Crippen LogP contribution in [-0.4, -0.2) is 19.4 Å². The molecular formula is C7H6BrNOS. The van der Waals surface area contributed by atoms with Crippen LogP contribution in [0.25, 0.3) is 0 Å². The molecule has 0 fully saturated rings. The van der Waals surface area contributed by atoms with E-state index < -0.39 is 0 Å². The van der Waals surface area contributed by atoms with Gasteiger partial charge in [-0.3, -0.25) is 4.79 Å². The number of anilines is 1. The van der Waals surface area contributed by atoms with Gasteiger partial charge in [-0.05, 0) is 15.9 Å². The SMILES string of the molecule is CN1CC(=O)c2csc(Br)c21. The molecule has 1 aromatic heterocycles. The van der Waals surface area contributed by atoms with Gasteiger partial charge in [-0.2, -0.15) is 0 Å². The number of carbonyl (C=O) groups is 1. The Hall–Kier alpha value is -0.350. The summed E-state index contributed by atoms with van der Waals surface area (Å²) in [7, 11) is 1.93. The highest BCUT2D eigenvalue weighted by Crippen LogP contribution is 2.39. The normalized spacial score (nSPS) is 15.8. The number of nitrogens with zero attached hydrogens (tertiary/aromatic N) is 1. The minimum Gasteiger partial charge on any atom is -0.365 e. The Bertz CT molecular complexity index is 320. The zero-order chi connectivity index (χ0) is 8.01. The van der Waals surface area contributed by atoms with E-state index in [-0.39, 0.29) is 5.78 Å². The van der Waals surface area contributed by atoms with Crippen LogP contribution in [0, 0.1) is 0 Å². The van der Waals surface area contributed by atoms with E-state index >= 15 is 0 Å². The van der Waals surface area contributed by atoms with E-state index in [0.29, 0.717) is 6.54 Å². The number of hydrogen-bond donors (Lipinski definition) is 0. The number of likely N-dealkylation sites (N-methyl/N-ethyl adjacent to an activating group) is 1. The minimum absolute atomic E-state index is 0.226. The topological polar surface area (TPSA) is 20.3 Å². The summed E-state index contributed by atoms with van der Waals surface area (Å²) in [5, 5.41) is 1.91. The van der Waals surface area contributed by atoms with Gasteiger partial charge in [0.25, 0.3) is 0 Å². The number of Topliss-reactive ketones (excluding diaryl/α,β-unsaturated/α-hetero) is 1. The maximum absolute atomic E-state index is 11.2. The van der Waals surface area contributed by atoms with Crippen molar-refractivity contribution in [3.63, 3.8) is 0 Å². The third-order valence-electron chi connectivity index (χ3n) is 1.78. The average Bonchev–Trinajstić information content (AvgIpc) is 2.41. The van der Waals surface area contributed by atoms with Crippen LogP contribution < -0.4 is 4.90 Å². The van der Waals surface area contributed by atoms with Gasteiger partial charge in [-0.1, -0.05) is 0 Å². The second-order valence-corrected chi connectivity index (χ2v) is 4.75. The molecule has 0 aliphatic carbocycles. The first kappa shape index (κ1) is 7.31. The van der Waals surface area contributed by atoms with Gasteiger partial charge < -0.3 is 4.90 Å². The van der Waals surface area contributed by atoms with Crippen molar-refractivity contribution >= 4 is 38.7 Å². The fraction of sp³-hybridized carbons (Fsp3) is 0.286. The molecule has 0 amide bonds. The van der Waals surface area contributed by atoms with Crippen molar-refractivity contribution in [2.75, 3.05) is 18.5 Å². The van der Waals surface area contributed by atoms with Crippen LogP contribution in [0.5, 0.6) is 0 Å². The van der Waals surface area contributed by atoms with E-state index in [0.717, 1.165) is 15.0 Å². The van der Waals surface area contributed by atoms with Crippen LogP contribution in [0.4, 0.5) is 5.69 Å². The summed E-state index contributed by atoms with van der Waals surface area (Å²) >= 11 is 4.98. The standard InChI is InChI=1S/C7H6BrNOS/c1-9-2-5(10)4-3-11-7(8)6(4)9/h3H,2H2,1H3. The maximum atomic E-state index is 11.2. The van der Waals surface area contributed by atoms with E-state index in [1.807, 2.05) is 17.3 Å². The van der Waals surface area contributed by atoms with E-state index in [1.54, 1.807) is 11.3 Å². The van der Waals surface area contributed by atoms with E-state index in [2.05, 4.69) is 15.9 Å². The van der Waals surface area contributed by atoms with Crippen LogP contribution in [0.2, 0.25) is 0 Å². The van der Waals surface area contributed by atoms with Crippen molar-refractivity contribution in [3.8, 4) is 0 Å². The quantitative estimate of drug-likeness (QED) is 0.683. The van der Waals surface area contributed by atoms with Crippen LogP contribution in [-0.2, 0) is 0 Å². The molecule has 1 aromatic rings. The van der Waals surface area contributed by atoms with Crippen molar-refractivity contribution in [3.05, 3.63) is 14.7 Å². The fourth-order valence-corrected chi connectivity index (χ4v) is 2.90. The van der Waals surface area contributed by atoms with Gasteiger partial charge in [0.1, 0.15) is 0 Å². The Kier molecular flexibility index (Phi) is 1.54. The summed E-state index contributed by atoms with van der Waals surface area (Å²) in [5.41, 5.74) is 1.92. The van der Waals surface area contributed by atoms with Gasteiger partial charge >= 0.3 is 0 Å². The second-order valence-electron chi connectivity index (χ2n) is 2.55. The van der Waals surface area contributed by atoms with E-state index in [1.165, 1.54) is 0 Å². The van der Waals surface area contributed by atoms with Crippen LogP contribution in [0.1, 0.15) is 10.4 Å². The van der Waals surface area contributed by atoms with Gasteiger partial charge in [0, 0.05) is 12.4 Å². The molecule has 1 aliphatic rings. The third kappa shape index (κ3) is 0.929. The fourth-order valence-electron chi connectivity index (χ4n) is 1.26. The molecule has 2 heterocycles. The lowest BCUT2D eigenvalue weighted by Crippen LogP contribution is -2.16. The number of ketones is 1. The summed E-state index contributed by atoms with van der Waals surface area (Å²) in [6.07, 6.45) is 0. The van der Waals surface area contributed by atoms with Gasteiger partial charge in [0.05, 0.1) is 21.6 Å². The van der Waals surface area contributed by atoms with Crippen molar-refractivity contribution in [2.45, 2.75) is 0 Å². The zero-order valence-electron chi connectivity index (χ0n) is 5.93. The zero-order valence-corrected chi connectivity index (χ0v) is 8.33. The van der Waals surface area contributed by atoms with Crippen LogP contribution >= 0.6 is 27.3 Å². The highest BCUT2D eigenvalue weighted by atomic mass is 79.9. The van der Waals surface area contributed by atoms with Gasteiger partial charge in [-0.15, -0.1) is 11.3 Å². The molecule has 11 heavy (non-hydrogen) atoms. The molecule has 4 heteroatoms. The molecule has 1 aliphatic heterocycles. The maximum Gasteiger partial charge on any atom is 0.185 e. The number of fused-ring (bicyclic) bond motifs is 1. The van der Waals surface area contributed by atoms with E-state index in [9.17, 15) is 4.79 Å². The first-order valence-electron chi connectivity index (χ1n) is 3.21. The van der Waals surface area contributed by atoms with Gasteiger partial charge in [0.15, 0.2) is 5.78 Å². The number of halogens is 1. The highest BCUT2D eigenvalue weighted by molar-refractivity contribution is 9.11. The summed E-state index contributed by atoms with van der Waals surface area (Å²) in [5.74, 6) is 0.226. The molecule has 0 atom stereocenters. The number of hydrogen-bond acceptors (Lipinski definition) is 3. The minimum atomic E-state index is 0.226. The molecule has 0 saturated heterocycles. The molecule has 2 rings (SSSR count). The largest absolute Gasteiger partial charge is 0.365 e. The molecule has 2 nitrogen and oxygen atoms in total. The molecule has 0 saturated carbocycles.